The van der Waals surface area contributed by atoms with E-state index in [9.17, 15) is 13.8 Å². The molecule has 0 saturated carbocycles. The summed E-state index contributed by atoms with van der Waals surface area (Å²) in [7, 11) is -2.40. The Hall–Kier alpha value is -0.830. The summed E-state index contributed by atoms with van der Waals surface area (Å²) in [4.78, 5) is 24.5. The van der Waals surface area contributed by atoms with Gasteiger partial charge in [0.15, 0.2) is 0 Å². The lowest BCUT2D eigenvalue weighted by atomic mass is 10.0. The number of thiol groups is 1. The van der Waals surface area contributed by atoms with Gasteiger partial charge in [0.05, 0.1) is 20.5 Å². The van der Waals surface area contributed by atoms with Crippen LogP contribution in [0.1, 0.15) is 41.0 Å². The number of carbonyl (C=O) groups excluding carboxylic acids is 2. The molecule has 142 valence electrons. The molecule has 2 atom stereocenters. The van der Waals surface area contributed by atoms with E-state index >= 15 is 0 Å². The Bertz CT molecular complexity index is 720. The third-order valence-electron chi connectivity index (χ3n) is 2.76. The molecular weight excluding hydrogens is 407 g/mol. The van der Waals surface area contributed by atoms with Crippen LogP contribution in [0.2, 0.25) is 9.36 Å². The Morgan fingerprint density at radius 2 is 1.96 bits per heavy atom. The Morgan fingerprint density at radius 3 is 2.40 bits per heavy atom. The number of hydrogen-bond acceptors (Lipinski definition) is 5. The first-order valence-electron chi connectivity index (χ1n) is 7.55. The molecule has 10 heteroatoms. The minimum Gasteiger partial charge on any atom is -0.444 e. The number of halogens is 2. The van der Waals surface area contributed by atoms with Gasteiger partial charge < -0.3 is 10.1 Å². The number of alkyl carbamates (subject to hydrolysis) is 1. The van der Waals surface area contributed by atoms with Crippen molar-refractivity contribution in [1.29, 1.82) is 0 Å². The minimum atomic E-state index is -2.40. The highest BCUT2D eigenvalue weighted by Gasteiger charge is 2.25. The third kappa shape index (κ3) is 7.52. The predicted molar refractivity (Wildman–Crippen MR) is 102 cm³/mol. The van der Waals surface area contributed by atoms with Crippen molar-refractivity contribution >= 4 is 57.1 Å². The maximum atomic E-state index is 12.4. The van der Waals surface area contributed by atoms with Crippen LogP contribution in [0.3, 0.4) is 0 Å². The average Bonchev–Trinajstić information content (AvgIpc) is 2.75. The number of nitrogens with zero attached hydrogens (tertiary/aromatic N) is 1. The van der Waals surface area contributed by atoms with Crippen LogP contribution in [0, 0.1) is 5.92 Å². The zero-order valence-electron chi connectivity index (χ0n) is 14.6. The van der Waals surface area contributed by atoms with Crippen LogP contribution in [0.15, 0.2) is 14.6 Å². The van der Waals surface area contributed by atoms with Gasteiger partial charge in [-0.2, -0.15) is 4.36 Å². The van der Waals surface area contributed by atoms with E-state index in [1.165, 1.54) is 5.38 Å². The van der Waals surface area contributed by atoms with Crippen molar-refractivity contribution in [2.45, 2.75) is 57.6 Å². The van der Waals surface area contributed by atoms with Gasteiger partial charge in [-0.3, -0.25) is 4.79 Å². The van der Waals surface area contributed by atoms with E-state index in [1.807, 2.05) is 13.8 Å². The Morgan fingerprint density at radius 1 is 1.36 bits per heavy atom. The molecule has 0 aliphatic heterocycles. The summed E-state index contributed by atoms with van der Waals surface area (Å²) < 4.78 is 21.4. The fourth-order valence-electron chi connectivity index (χ4n) is 1.80. The Kier molecular flexibility index (Phi) is 8.18. The molecule has 1 heterocycles. The summed E-state index contributed by atoms with van der Waals surface area (Å²) in [5, 5.41) is 4.12. The van der Waals surface area contributed by atoms with E-state index in [2.05, 4.69) is 9.68 Å². The van der Waals surface area contributed by atoms with Crippen molar-refractivity contribution in [3.63, 3.8) is 0 Å². The van der Waals surface area contributed by atoms with Gasteiger partial charge in [-0.25, -0.2) is 9.00 Å². The molecule has 6 nitrogen and oxygen atoms in total. The summed E-state index contributed by atoms with van der Waals surface area (Å²) >= 11 is 12.9. The molecule has 0 radical (unpaired) electrons. The number of hydrogen-bond donors (Lipinski definition) is 2. The average molecular weight is 429 g/mol. The molecule has 0 bridgehead atoms. The van der Waals surface area contributed by atoms with Crippen molar-refractivity contribution in [2.75, 3.05) is 0 Å². The predicted octanol–water partition coefficient (Wildman–Crippen LogP) is 4.54. The standard InChI is InChI=1S/C15H22Cl2N2O4S2/c1-8(2)6-9(18-14(21)23-15(3,4)5)13(20)19-25(22)10-7-24-12(17)11(10)16/h7-9,25H,6H2,1-5H3,(H,18,21)/t9-/m0/s1. The summed E-state index contributed by atoms with van der Waals surface area (Å²) in [5.74, 6) is -0.588. The van der Waals surface area contributed by atoms with Gasteiger partial charge in [-0.15, -0.1) is 11.3 Å². The smallest absolute Gasteiger partial charge is 0.408 e. The molecule has 0 aliphatic carbocycles. The summed E-state index contributed by atoms with van der Waals surface area (Å²) in [5.41, 5.74) is -0.696. The third-order valence-corrected chi connectivity index (χ3v) is 6.04. The highest BCUT2D eigenvalue weighted by atomic mass is 35.5. The van der Waals surface area contributed by atoms with E-state index in [0.29, 0.717) is 6.42 Å². The molecule has 0 aliphatic rings. The largest absolute Gasteiger partial charge is 0.444 e. The van der Waals surface area contributed by atoms with E-state index in [4.69, 9.17) is 27.9 Å². The van der Waals surface area contributed by atoms with Crippen LogP contribution in [-0.2, 0) is 20.1 Å². The molecule has 1 N–H and O–H groups in total. The van der Waals surface area contributed by atoms with Gasteiger partial charge in [0, 0.05) is 5.38 Å². The number of rotatable bonds is 5. The van der Waals surface area contributed by atoms with Gasteiger partial charge in [0.25, 0.3) is 5.91 Å². The van der Waals surface area contributed by atoms with Crippen molar-refractivity contribution in [2.24, 2.45) is 10.3 Å². The summed E-state index contributed by atoms with van der Waals surface area (Å²) in [6.45, 7) is 8.94. The first-order chi connectivity index (χ1) is 11.4. The number of nitrogens with one attached hydrogen (secondary N) is 1. The van der Waals surface area contributed by atoms with Crippen LogP contribution in [-0.4, -0.2) is 27.9 Å². The lowest BCUT2D eigenvalue weighted by Crippen LogP contribution is -2.43. The Labute approximate surface area is 163 Å². The Balaban J connectivity index is 2.96. The van der Waals surface area contributed by atoms with Gasteiger partial charge in [0.1, 0.15) is 16.0 Å². The molecule has 0 saturated heterocycles. The fraction of sp³-hybridized carbons (Fsp3) is 0.600. The van der Waals surface area contributed by atoms with Gasteiger partial charge in [0.2, 0.25) is 0 Å². The highest BCUT2D eigenvalue weighted by Crippen LogP contribution is 2.33. The maximum absolute atomic E-state index is 12.4. The summed E-state index contributed by atoms with van der Waals surface area (Å²) in [6.07, 6.45) is -0.392. The number of carbonyl (C=O) groups is 2. The van der Waals surface area contributed by atoms with Crippen molar-refractivity contribution in [3.05, 3.63) is 14.7 Å². The SMILES string of the molecule is CC(C)C[C@H](NC(=O)OC(C)(C)C)C(=O)/N=[SH](=O)/c1csc(Cl)c1Cl. The molecule has 0 aromatic carbocycles. The van der Waals surface area contributed by atoms with E-state index < -0.39 is 34.2 Å². The van der Waals surface area contributed by atoms with Crippen molar-refractivity contribution in [3.8, 4) is 0 Å². The summed E-state index contributed by atoms with van der Waals surface area (Å²) in [6, 6.07) is -0.929. The fourth-order valence-corrected chi connectivity index (χ4v) is 4.41. The van der Waals surface area contributed by atoms with Gasteiger partial charge in [-0.05, 0) is 33.1 Å². The number of ether oxygens (including phenoxy) is 1. The molecule has 1 aromatic rings. The zero-order chi connectivity index (χ0) is 19.4. The molecule has 2 amide bonds. The van der Waals surface area contributed by atoms with Crippen LogP contribution >= 0.6 is 34.5 Å². The quantitative estimate of drug-likeness (QED) is 0.673. The molecule has 0 fully saturated rings. The molecule has 1 unspecified atom stereocenters. The molecule has 25 heavy (non-hydrogen) atoms. The van der Waals surface area contributed by atoms with Crippen molar-refractivity contribution < 1.29 is 18.5 Å². The topological polar surface area (TPSA) is 84.8 Å². The lowest BCUT2D eigenvalue weighted by Gasteiger charge is -2.23. The second-order valence-corrected chi connectivity index (χ2v) is 9.84. The molecule has 0 spiro atoms. The van der Waals surface area contributed by atoms with Crippen LogP contribution in [0.4, 0.5) is 4.79 Å². The normalized spacial score (nSPS) is 14.4. The van der Waals surface area contributed by atoms with Crippen LogP contribution < -0.4 is 5.32 Å². The van der Waals surface area contributed by atoms with E-state index in [1.54, 1.807) is 20.8 Å². The van der Waals surface area contributed by atoms with E-state index in [-0.39, 0.29) is 20.2 Å². The molecule has 1 aromatic heterocycles. The van der Waals surface area contributed by atoms with Crippen LogP contribution in [0.5, 0.6) is 0 Å². The second kappa shape index (κ2) is 9.21. The van der Waals surface area contributed by atoms with E-state index in [0.717, 1.165) is 11.3 Å². The first-order valence-corrected chi connectivity index (χ1v) is 10.4. The minimum absolute atomic E-state index is 0.108. The van der Waals surface area contributed by atoms with Crippen molar-refractivity contribution in [1.82, 2.24) is 5.32 Å². The second-order valence-electron chi connectivity index (χ2n) is 6.75. The zero-order valence-corrected chi connectivity index (χ0v) is 17.9. The monoisotopic (exact) mass is 428 g/mol. The number of thiophene rings is 1. The molecular formula is C15H22Cl2N2O4S2. The number of amides is 2. The highest BCUT2D eigenvalue weighted by molar-refractivity contribution is 7.75. The maximum Gasteiger partial charge on any atom is 0.408 e. The van der Waals surface area contributed by atoms with Gasteiger partial charge in [-0.1, -0.05) is 37.0 Å². The lowest BCUT2D eigenvalue weighted by molar-refractivity contribution is -0.120. The molecule has 1 rings (SSSR count). The van der Waals surface area contributed by atoms with Gasteiger partial charge >= 0.3 is 6.09 Å². The first kappa shape index (κ1) is 22.2. The van der Waals surface area contributed by atoms with Crippen LogP contribution in [0.25, 0.3) is 0 Å².